The van der Waals surface area contributed by atoms with E-state index in [4.69, 9.17) is 10.5 Å². The van der Waals surface area contributed by atoms with Crippen molar-refractivity contribution >= 4 is 29.3 Å². The molecule has 3 aromatic carbocycles. The van der Waals surface area contributed by atoms with Gasteiger partial charge in [-0.15, -0.1) is 0 Å². The number of hydrogen-bond donors (Lipinski definition) is 1. The number of nitrogens with two attached hydrogens (primary N) is 1. The van der Waals surface area contributed by atoms with Crippen LogP contribution in [0.1, 0.15) is 27.5 Å². The van der Waals surface area contributed by atoms with E-state index in [0.717, 1.165) is 10.5 Å². The van der Waals surface area contributed by atoms with E-state index >= 15 is 0 Å². The molecular weight excluding hydrogens is 458 g/mol. The summed E-state index contributed by atoms with van der Waals surface area (Å²) in [7, 11) is 1.49. The first-order valence-corrected chi connectivity index (χ1v) is 11.6. The van der Waals surface area contributed by atoms with Crippen molar-refractivity contribution in [2.45, 2.75) is 19.0 Å². The molecule has 0 aliphatic carbocycles. The van der Waals surface area contributed by atoms with Gasteiger partial charge in [0.2, 0.25) is 17.7 Å². The summed E-state index contributed by atoms with van der Waals surface area (Å²) >= 11 is 0. The van der Waals surface area contributed by atoms with Crippen molar-refractivity contribution in [1.82, 2.24) is 4.90 Å². The number of likely N-dealkylation sites (tertiary alicyclic amines) is 1. The first kappa shape index (κ1) is 23.3. The molecule has 3 aromatic rings. The molecule has 2 saturated heterocycles. The highest BCUT2D eigenvalue weighted by Crippen LogP contribution is 2.51. The number of hydrogen-bond acceptors (Lipinski definition) is 5. The number of primary amides is 1. The van der Waals surface area contributed by atoms with Gasteiger partial charge in [0.25, 0.3) is 5.91 Å². The van der Waals surface area contributed by atoms with Gasteiger partial charge in [0.15, 0.2) is 0 Å². The molecule has 8 heteroatoms. The lowest BCUT2D eigenvalue weighted by Crippen LogP contribution is -2.50. The Bertz CT molecular complexity index is 1360. The number of aryl methyl sites for hydroxylation is 1. The van der Waals surface area contributed by atoms with E-state index < -0.39 is 47.5 Å². The maximum absolute atomic E-state index is 13.9. The summed E-state index contributed by atoms with van der Waals surface area (Å²) in [5.41, 5.74) is 8.15. The summed E-state index contributed by atoms with van der Waals surface area (Å²) in [6.07, 6.45) is 0. The topological polar surface area (TPSA) is 110 Å². The van der Waals surface area contributed by atoms with Crippen molar-refractivity contribution in [3.05, 3.63) is 95.6 Å². The van der Waals surface area contributed by atoms with Crippen LogP contribution in [-0.4, -0.2) is 41.7 Å². The second-order valence-corrected chi connectivity index (χ2v) is 9.05. The van der Waals surface area contributed by atoms with Crippen molar-refractivity contribution < 1.29 is 23.9 Å². The van der Waals surface area contributed by atoms with Gasteiger partial charge in [-0.2, -0.15) is 0 Å². The van der Waals surface area contributed by atoms with Crippen molar-refractivity contribution in [2.75, 3.05) is 12.0 Å². The normalized spacial score (nSPS) is 23.1. The standard InChI is InChI=1S/C28H25N3O5/c1-16-11-13-17(14-12-16)23-21-22(28(35)30(27(21)34)19-8-4-3-5-9-19)24(25(29)32)31(23)26(33)18-7-6-10-20(15-18)36-2/h3-15,21-24H,1-2H3,(H2,29,32). The lowest BCUT2D eigenvalue weighted by atomic mass is 9.86. The van der Waals surface area contributed by atoms with Crippen LogP contribution in [-0.2, 0) is 14.4 Å². The number of benzene rings is 3. The maximum atomic E-state index is 13.9. The van der Waals surface area contributed by atoms with Gasteiger partial charge >= 0.3 is 0 Å². The zero-order valence-electron chi connectivity index (χ0n) is 19.8. The number of imide groups is 1. The summed E-state index contributed by atoms with van der Waals surface area (Å²) in [5, 5.41) is 0. The van der Waals surface area contributed by atoms with Crippen LogP contribution in [0, 0.1) is 18.8 Å². The van der Waals surface area contributed by atoms with Gasteiger partial charge in [-0.25, -0.2) is 4.90 Å². The number of fused-ring (bicyclic) bond motifs is 1. The summed E-state index contributed by atoms with van der Waals surface area (Å²) in [6, 6.07) is 20.3. The second kappa shape index (κ2) is 8.96. The smallest absolute Gasteiger partial charge is 0.255 e. The molecule has 2 fully saturated rings. The van der Waals surface area contributed by atoms with Gasteiger partial charge in [0.1, 0.15) is 11.8 Å². The fourth-order valence-corrected chi connectivity index (χ4v) is 5.33. The van der Waals surface area contributed by atoms with Gasteiger partial charge in [-0.1, -0.05) is 54.1 Å². The van der Waals surface area contributed by atoms with E-state index in [-0.39, 0.29) is 5.56 Å². The first-order chi connectivity index (χ1) is 17.3. The summed E-state index contributed by atoms with van der Waals surface area (Å²) < 4.78 is 5.26. The Morgan fingerprint density at radius 3 is 2.17 bits per heavy atom. The number of carbonyl (C=O) groups excluding carboxylic acids is 4. The molecule has 182 valence electrons. The molecule has 2 N–H and O–H groups in total. The predicted octanol–water partition coefficient (Wildman–Crippen LogP) is 2.86. The highest BCUT2D eigenvalue weighted by atomic mass is 16.5. The molecule has 0 aromatic heterocycles. The average Bonchev–Trinajstić information content (AvgIpc) is 3.37. The zero-order valence-corrected chi connectivity index (χ0v) is 19.8. The third-order valence-electron chi connectivity index (χ3n) is 6.95. The van der Waals surface area contributed by atoms with Crippen LogP contribution in [0.2, 0.25) is 0 Å². The fourth-order valence-electron chi connectivity index (χ4n) is 5.33. The van der Waals surface area contributed by atoms with Gasteiger partial charge in [-0.3, -0.25) is 19.2 Å². The number of anilines is 1. The van der Waals surface area contributed by atoms with Crippen molar-refractivity contribution in [1.29, 1.82) is 0 Å². The molecule has 0 bridgehead atoms. The Kier molecular flexibility index (Phi) is 5.80. The summed E-state index contributed by atoms with van der Waals surface area (Å²) in [4.78, 5) is 56.7. The molecule has 4 atom stereocenters. The molecule has 0 saturated carbocycles. The third-order valence-corrected chi connectivity index (χ3v) is 6.95. The van der Waals surface area contributed by atoms with Crippen molar-refractivity contribution in [3.8, 4) is 5.75 Å². The molecule has 2 aliphatic heterocycles. The Balaban J connectivity index is 1.67. The number of methoxy groups -OCH3 is 1. The number of para-hydroxylation sites is 1. The molecule has 4 amide bonds. The zero-order chi connectivity index (χ0) is 25.6. The Hall–Kier alpha value is -4.46. The Labute approximate surface area is 208 Å². The second-order valence-electron chi connectivity index (χ2n) is 9.05. The lowest BCUT2D eigenvalue weighted by Gasteiger charge is -2.32. The highest BCUT2D eigenvalue weighted by Gasteiger charge is 2.65. The van der Waals surface area contributed by atoms with Crippen molar-refractivity contribution in [3.63, 3.8) is 0 Å². The number of amides is 4. The molecule has 8 nitrogen and oxygen atoms in total. The van der Waals surface area contributed by atoms with Crippen molar-refractivity contribution in [2.24, 2.45) is 17.6 Å². The fraction of sp³-hybridized carbons (Fsp3) is 0.214. The van der Waals surface area contributed by atoms with Gasteiger partial charge < -0.3 is 15.4 Å². The van der Waals surface area contributed by atoms with E-state index in [0.29, 0.717) is 17.0 Å². The quantitative estimate of drug-likeness (QED) is 0.561. The Morgan fingerprint density at radius 2 is 1.53 bits per heavy atom. The number of ether oxygens (including phenoxy) is 1. The van der Waals surface area contributed by atoms with Gasteiger partial charge in [0, 0.05) is 5.56 Å². The molecule has 2 aliphatic rings. The van der Waals surface area contributed by atoms with E-state index in [1.807, 2.05) is 31.2 Å². The SMILES string of the molecule is COc1cccc(C(=O)N2C(C(N)=O)C3C(=O)N(c4ccccc4)C(=O)C3C2c2ccc(C)cc2)c1. The van der Waals surface area contributed by atoms with E-state index in [1.165, 1.54) is 12.0 Å². The van der Waals surface area contributed by atoms with Crippen LogP contribution in [0.5, 0.6) is 5.75 Å². The largest absolute Gasteiger partial charge is 0.497 e. The maximum Gasteiger partial charge on any atom is 0.255 e. The summed E-state index contributed by atoms with van der Waals surface area (Å²) in [5.74, 6) is -3.96. The number of rotatable bonds is 5. The molecule has 36 heavy (non-hydrogen) atoms. The van der Waals surface area contributed by atoms with Crippen LogP contribution < -0.4 is 15.4 Å². The van der Waals surface area contributed by atoms with Crippen LogP contribution in [0.15, 0.2) is 78.9 Å². The Morgan fingerprint density at radius 1 is 0.861 bits per heavy atom. The highest BCUT2D eigenvalue weighted by molar-refractivity contribution is 6.24. The first-order valence-electron chi connectivity index (χ1n) is 11.6. The minimum absolute atomic E-state index is 0.262. The van der Waals surface area contributed by atoms with Crippen LogP contribution >= 0.6 is 0 Å². The molecule has 2 heterocycles. The molecule has 4 unspecified atom stereocenters. The van der Waals surface area contributed by atoms with Crippen LogP contribution in [0.25, 0.3) is 0 Å². The average molecular weight is 484 g/mol. The van der Waals surface area contributed by atoms with Gasteiger partial charge in [0.05, 0.1) is 30.7 Å². The lowest BCUT2D eigenvalue weighted by molar-refractivity contribution is -0.129. The number of nitrogens with zero attached hydrogens (tertiary/aromatic N) is 2. The molecule has 0 spiro atoms. The summed E-state index contributed by atoms with van der Waals surface area (Å²) in [6.45, 7) is 1.92. The molecule has 0 radical (unpaired) electrons. The molecular formula is C28H25N3O5. The third kappa shape index (κ3) is 3.62. The monoisotopic (exact) mass is 483 g/mol. The van der Waals surface area contributed by atoms with E-state index in [1.54, 1.807) is 54.6 Å². The van der Waals surface area contributed by atoms with E-state index in [2.05, 4.69) is 0 Å². The molecule has 5 rings (SSSR count). The minimum atomic E-state index is -1.30. The predicted molar refractivity (Wildman–Crippen MR) is 132 cm³/mol. The van der Waals surface area contributed by atoms with E-state index in [9.17, 15) is 19.2 Å². The number of carbonyl (C=O) groups is 4. The van der Waals surface area contributed by atoms with Crippen LogP contribution in [0.4, 0.5) is 5.69 Å². The van der Waals surface area contributed by atoms with Gasteiger partial charge in [-0.05, 0) is 42.8 Å². The van der Waals surface area contributed by atoms with Crippen LogP contribution in [0.3, 0.4) is 0 Å². The minimum Gasteiger partial charge on any atom is -0.497 e.